The molecule has 3 rings (SSSR count). The third-order valence-corrected chi connectivity index (χ3v) is 5.22. The summed E-state index contributed by atoms with van der Waals surface area (Å²) in [6.45, 7) is 4.04. The maximum absolute atomic E-state index is 12.6. The second kappa shape index (κ2) is 8.34. The summed E-state index contributed by atoms with van der Waals surface area (Å²) in [7, 11) is 1.63. The summed E-state index contributed by atoms with van der Waals surface area (Å²) in [4.78, 5) is 28.5. The Balaban J connectivity index is 1.51. The third-order valence-electron chi connectivity index (χ3n) is 5.22. The molecule has 136 valence electrons. The van der Waals surface area contributed by atoms with E-state index in [0.29, 0.717) is 18.9 Å². The number of hydrogen-bond acceptors (Lipinski definition) is 4. The van der Waals surface area contributed by atoms with Gasteiger partial charge in [0, 0.05) is 50.7 Å². The van der Waals surface area contributed by atoms with E-state index in [1.54, 1.807) is 7.11 Å². The van der Waals surface area contributed by atoms with E-state index >= 15 is 0 Å². The molecule has 0 spiro atoms. The molecule has 6 nitrogen and oxygen atoms in total. The summed E-state index contributed by atoms with van der Waals surface area (Å²) in [5.41, 5.74) is 0.936. The van der Waals surface area contributed by atoms with E-state index in [2.05, 4.69) is 10.2 Å². The summed E-state index contributed by atoms with van der Waals surface area (Å²) in [5, 5.41) is 2.94. The topological polar surface area (TPSA) is 61.9 Å². The minimum atomic E-state index is 0.155. The quantitative estimate of drug-likeness (QED) is 0.886. The highest BCUT2D eigenvalue weighted by atomic mass is 16.5. The van der Waals surface area contributed by atoms with Gasteiger partial charge in [0.2, 0.25) is 11.8 Å². The van der Waals surface area contributed by atoms with Crippen molar-refractivity contribution in [1.29, 1.82) is 0 Å². The van der Waals surface area contributed by atoms with Crippen molar-refractivity contribution in [2.24, 2.45) is 0 Å². The van der Waals surface area contributed by atoms with Crippen molar-refractivity contribution in [3.8, 4) is 5.75 Å². The summed E-state index contributed by atoms with van der Waals surface area (Å²) < 4.78 is 5.34. The van der Waals surface area contributed by atoms with Gasteiger partial charge < -0.3 is 15.0 Å². The van der Waals surface area contributed by atoms with Crippen LogP contribution in [0.5, 0.6) is 5.75 Å². The first-order chi connectivity index (χ1) is 12.2. The lowest BCUT2D eigenvalue weighted by molar-refractivity contribution is -0.132. The molecule has 25 heavy (non-hydrogen) atoms. The fraction of sp³-hybridized carbons (Fsp3) is 0.579. The summed E-state index contributed by atoms with van der Waals surface area (Å²) in [6.07, 6.45) is 2.91. The number of carbonyl (C=O) groups is 2. The van der Waals surface area contributed by atoms with Crippen molar-refractivity contribution in [2.75, 3.05) is 39.8 Å². The lowest BCUT2D eigenvalue weighted by atomic mass is 10.1. The van der Waals surface area contributed by atoms with E-state index in [1.165, 1.54) is 0 Å². The number of ether oxygens (including phenoxy) is 1. The molecule has 0 aliphatic carbocycles. The van der Waals surface area contributed by atoms with Crippen molar-refractivity contribution in [2.45, 2.75) is 31.7 Å². The SMILES string of the molecule is COc1ccccc1CC(=O)N1CCN([C@@H]2CCNC(=O)CC2)CC1. The summed E-state index contributed by atoms with van der Waals surface area (Å²) in [6, 6.07) is 8.14. The monoisotopic (exact) mass is 345 g/mol. The number of nitrogens with zero attached hydrogens (tertiary/aromatic N) is 2. The number of hydrogen-bond donors (Lipinski definition) is 1. The van der Waals surface area contributed by atoms with Gasteiger partial charge in [-0.2, -0.15) is 0 Å². The van der Waals surface area contributed by atoms with Gasteiger partial charge in [-0.15, -0.1) is 0 Å². The fourth-order valence-corrected chi connectivity index (χ4v) is 3.73. The molecule has 2 amide bonds. The maximum atomic E-state index is 12.6. The van der Waals surface area contributed by atoms with Gasteiger partial charge in [0.15, 0.2) is 0 Å². The Morgan fingerprint density at radius 1 is 1.20 bits per heavy atom. The minimum Gasteiger partial charge on any atom is -0.496 e. The predicted molar refractivity (Wildman–Crippen MR) is 95.5 cm³/mol. The molecule has 2 aliphatic heterocycles. The molecule has 2 fully saturated rings. The Labute approximate surface area is 149 Å². The lowest BCUT2D eigenvalue weighted by Gasteiger charge is -2.39. The number of piperazine rings is 1. The number of carbonyl (C=O) groups excluding carboxylic acids is 2. The van der Waals surface area contributed by atoms with Crippen LogP contribution in [-0.4, -0.2) is 67.5 Å². The molecule has 1 N–H and O–H groups in total. The Morgan fingerprint density at radius 2 is 1.96 bits per heavy atom. The zero-order valence-electron chi connectivity index (χ0n) is 14.9. The molecule has 2 heterocycles. The van der Waals surface area contributed by atoms with E-state index < -0.39 is 0 Å². The Bertz CT molecular complexity index is 612. The molecule has 1 aromatic carbocycles. The van der Waals surface area contributed by atoms with Gasteiger partial charge in [-0.3, -0.25) is 14.5 Å². The highest BCUT2D eigenvalue weighted by Gasteiger charge is 2.27. The zero-order valence-corrected chi connectivity index (χ0v) is 14.9. The Morgan fingerprint density at radius 3 is 2.72 bits per heavy atom. The van der Waals surface area contributed by atoms with E-state index in [-0.39, 0.29) is 11.8 Å². The average molecular weight is 345 g/mol. The number of benzene rings is 1. The molecule has 0 unspecified atom stereocenters. The molecule has 2 saturated heterocycles. The molecule has 0 aromatic heterocycles. The van der Waals surface area contributed by atoms with Crippen LogP contribution in [-0.2, 0) is 16.0 Å². The van der Waals surface area contributed by atoms with Crippen molar-refractivity contribution in [3.05, 3.63) is 29.8 Å². The second-order valence-corrected chi connectivity index (χ2v) is 6.74. The van der Waals surface area contributed by atoms with Crippen LogP contribution in [0.1, 0.15) is 24.8 Å². The third kappa shape index (κ3) is 4.51. The van der Waals surface area contributed by atoms with Crippen LogP contribution in [0.25, 0.3) is 0 Å². The number of para-hydroxylation sites is 1. The summed E-state index contributed by atoms with van der Waals surface area (Å²) >= 11 is 0. The van der Waals surface area contributed by atoms with Gasteiger partial charge in [0.25, 0.3) is 0 Å². The largest absolute Gasteiger partial charge is 0.496 e. The molecule has 6 heteroatoms. The van der Waals surface area contributed by atoms with Crippen LogP contribution in [0, 0.1) is 0 Å². The van der Waals surface area contributed by atoms with Crippen molar-refractivity contribution >= 4 is 11.8 Å². The van der Waals surface area contributed by atoms with E-state index in [1.807, 2.05) is 29.2 Å². The first kappa shape index (κ1) is 17.7. The summed E-state index contributed by atoms with van der Waals surface area (Å²) in [5.74, 6) is 1.08. The van der Waals surface area contributed by atoms with Crippen LogP contribution in [0.15, 0.2) is 24.3 Å². The van der Waals surface area contributed by atoms with E-state index in [0.717, 1.165) is 56.9 Å². The fourth-order valence-electron chi connectivity index (χ4n) is 3.73. The number of methoxy groups -OCH3 is 1. The van der Waals surface area contributed by atoms with Crippen LogP contribution in [0.3, 0.4) is 0 Å². The minimum absolute atomic E-state index is 0.155. The number of amides is 2. The number of rotatable bonds is 4. The van der Waals surface area contributed by atoms with Gasteiger partial charge in [-0.05, 0) is 18.9 Å². The normalized spacial score (nSPS) is 22.2. The van der Waals surface area contributed by atoms with Crippen LogP contribution < -0.4 is 10.1 Å². The van der Waals surface area contributed by atoms with Crippen LogP contribution >= 0.6 is 0 Å². The Hall–Kier alpha value is -2.08. The lowest BCUT2D eigenvalue weighted by Crippen LogP contribution is -2.52. The van der Waals surface area contributed by atoms with Crippen molar-refractivity contribution in [3.63, 3.8) is 0 Å². The van der Waals surface area contributed by atoms with Crippen molar-refractivity contribution < 1.29 is 14.3 Å². The number of nitrogens with one attached hydrogen (secondary N) is 1. The highest BCUT2D eigenvalue weighted by Crippen LogP contribution is 2.20. The molecular weight excluding hydrogens is 318 g/mol. The molecule has 0 radical (unpaired) electrons. The second-order valence-electron chi connectivity index (χ2n) is 6.74. The smallest absolute Gasteiger partial charge is 0.227 e. The van der Waals surface area contributed by atoms with Gasteiger partial charge in [0.05, 0.1) is 13.5 Å². The van der Waals surface area contributed by atoms with Crippen LogP contribution in [0.4, 0.5) is 0 Å². The molecule has 0 saturated carbocycles. The molecule has 1 atom stereocenters. The van der Waals surface area contributed by atoms with E-state index in [9.17, 15) is 9.59 Å². The standard InChI is InChI=1S/C19H27N3O3/c1-25-17-5-3-2-4-15(17)14-19(24)22-12-10-21(11-13-22)16-6-7-18(23)20-9-8-16/h2-5,16H,6-14H2,1H3,(H,20,23)/t16-/m0/s1. The average Bonchev–Trinajstić information content (AvgIpc) is 2.87. The predicted octanol–water partition coefficient (Wildman–Crippen LogP) is 1.05. The van der Waals surface area contributed by atoms with E-state index in [4.69, 9.17) is 4.74 Å². The molecular formula is C19H27N3O3. The van der Waals surface area contributed by atoms with Gasteiger partial charge in [-0.25, -0.2) is 0 Å². The van der Waals surface area contributed by atoms with Gasteiger partial charge in [0.1, 0.15) is 5.75 Å². The van der Waals surface area contributed by atoms with Crippen LogP contribution in [0.2, 0.25) is 0 Å². The Kier molecular flexibility index (Phi) is 5.91. The van der Waals surface area contributed by atoms with Gasteiger partial charge >= 0.3 is 0 Å². The maximum Gasteiger partial charge on any atom is 0.227 e. The molecule has 2 aliphatic rings. The first-order valence-electron chi connectivity index (χ1n) is 9.08. The molecule has 1 aromatic rings. The van der Waals surface area contributed by atoms with Crippen molar-refractivity contribution in [1.82, 2.24) is 15.1 Å². The van der Waals surface area contributed by atoms with Gasteiger partial charge in [-0.1, -0.05) is 18.2 Å². The molecule has 0 bridgehead atoms. The first-order valence-corrected chi connectivity index (χ1v) is 9.08. The zero-order chi connectivity index (χ0) is 17.6. The highest BCUT2D eigenvalue weighted by molar-refractivity contribution is 5.79.